The highest BCUT2D eigenvalue weighted by Crippen LogP contribution is 2.42. The Hall–Kier alpha value is -3.15. The standard InChI is InChI=1S/C27H25ClN4S/c1-18-15-23(19(2)32(18)22-12-8-11-21(28)16-22)26-25(24-13-6-7-14-29-24)30-27(33)31(26)17-20-9-4-3-5-10-20/h3-16,25-26H,17H2,1-2H3,(H,30,33). The van der Waals surface area contributed by atoms with Crippen LogP contribution < -0.4 is 5.32 Å². The summed E-state index contributed by atoms with van der Waals surface area (Å²) in [6, 6.07) is 26.7. The Morgan fingerprint density at radius 3 is 2.48 bits per heavy atom. The first-order chi connectivity index (χ1) is 16.0. The Bertz CT molecular complexity index is 1290. The van der Waals surface area contributed by atoms with Gasteiger partial charge in [0.25, 0.3) is 0 Å². The predicted molar refractivity (Wildman–Crippen MR) is 138 cm³/mol. The number of hydrogen-bond acceptors (Lipinski definition) is 2. The SMILES string of the molecule is Cc1cc(C2C(c3ccccn3)NC(=S)N2Cc2ccccc2)c(C)n1-c1cccc(Cl)c1. The van der Waals surface area contributed by atoms with Crippen molar-refractivity contribution < 1.29 is 0 Å². The van der Waals surface area contributed by atoms with Gasteiger partial charge in [-0.15, -0.1) is 0 Å². The highest BCUT2D eigenvalue weighted by molar-refractivity contribution is 7.80. The fraction of sp³-hybridized carbons (Fsp3) is 0.185. The second-order valence-electron chi connectivity index (χ2n) is 8.38. The van der Waals surface area contributed by atoms with E-state index in [0.29, 0.717) is 0 Å². The second kappa shape index (κ2) is 9.00. The van der Waals surface area contributed by atoms with Gasteiger partial charge in [-0.05, 0) is 73.6 Å². The van der Waals surface area contributed by atoms with Gasteiger partial charge in [0.15, 0.2) is 5.11 Å². The number of nitrogens with zero attached hydrogens (tertiary/aromatic N) is 3. The number of benzene rings is 2. The van der Waals surface area contributed by atoms with Gasteiger partial charge in [0.05, 0.1) is 17.8 Å². The van der Waals surface area contributed by atoms with Gasteiger partial charge in [-0.25, -0.2) is 0 Å². The highest BCUT2D eigenvalue weighted by Gasteiger charge is 2.41. The summed E-state index contributed by atoms with van der Waals surface area (Å²) in [4.78, 5) is 6.95. The topological polar surface area (TPSA) is 33.1 Å². The molecule has 1 N–H and O–H groups in total. The number of pyridine rings is 1. The third-order valence-corrected chi connectivity index (χ3v) is 6.84. The number of halogens is 1. The summed E-state index contributed by atoms with van der Waals surface area (Å²) < 4.78 is 2.26. The molecule has 33 heavy (non-hydrogen) atoms. The summed E-state index contributed by atoms with van der Waals surface area (Å²) in [7, 11) is 0. The third kappa shape index (κ3) is 4.14. The van der Waals surface area contributed by atoms with Crippen molar-refractivity contribution in [2.45, 2.75) is 32.5 Å². The quantitative estimate of drug-likeness (QED) is 0.345. The summed E-state index contributed by atoms with van der Waals surface area (Å²) in [6.07, 6.45) is 1.84. The maximum absolute atomic E-state index is 6.31. The monoisotopic (exact) mass is 472 g/mol. The molecular weight excluding hydrogens is 448 g/mol. The van der Waals surface area contributed by atoms with E-state index in [1.165, 1.54) is 16.8 Å². The zero-order valence-corrected chi connectivity index (χ0v) is 20.1. The lowest BCUT2D eigenvalue weighted by atomic mass is 9.96. The molecular formula is C27H25ClN4S. The second-order valence-corrected chi connectivity index (χ2v) is 9.20. The van der Waals surface area contributed by atoms with Gasteiger partial charge in [0.2, 0.25) is 0 Å². The molecule has 2 atom stereocenters. The van der Waals surface area contributed by atoms with Crippen LogP contribution in [0.5, 0.6) is 0 Å². The van der Waals surface area contributed by atoms with Crippen LogP contribution in [0.15, 0.2) is 85.1 Å². The summed E-state index contributed by atoms with van der Waals surface area (Å²) in [5, 5.41) is 5.03. The summed E-state index contributed by atoms with van der Waals surface area (Å²) in [5.74, 6) is 0. The van der Waals surface area contributed by atoms with E-state index in [1.807, 2.05) is 42.6 Å². The largest absolute Gasteiger partial charge is 0.352 e. The first kappa shape index (κ1) is 21.7. The van der Waals surface area contributed by atoms with Crippen molar-refractivity contribution in [3.05, 3.63) is 118 Å². The number of hydrogen-bond donors (Lipinski definition) is 1. The Morgan fingerprint density at radius 1 is 0.970 bits per heavy atom. The van der Waals surface area contributed by atoms with Gasteiger partial charge in [0, 0.05) is 34.8 Å². The van der Waals surface area contributed by atoms with Gasteiger partial charge < -0.3 is 14.8 Å². The number of aromatic nitrogens is 2. The van der Waals surface area contributed by atoms with Gasteiger partial charge in [-0.3, -0.25) is 4.98 Å². The van der Waals surface area contributed by atoms with Gasteiger partial charge >= 0.3 is 0 Å². The van der Waals surface area contributed by atoms with Crippen LogP contribution in [-0.4, -0.2) is 19.6 Å². The van der Waals surface area contributed by atoms with Crippen molar-refractivity contribution in [1.29, 1.82) is 0 Å². The molecule has 0 spiro atoms. The fourth-order valence-electron chi connectivity index (χ4n) is 4.79. The normalized spacial score (nSPS) is 17.9. The van der Waals surface area contributed by atoms with Crippen LogP contribution in [0.25, 0.3) is 5.69 Å². The van der Waals surface area contributed by atoms with Crippen LogP contribution in [0.1, 0.15) is 40.3 Å². The maximum Gasteiger partial charge on any atom is 0.170 e. The summed E-state index contributed by atoms with van der Waals surface area (Å²) in [6.45, 7) is 5.03. The van der Waals surface area contributed by atoms with E-state index in [-0.39, 0.29) is 12.1 Å². The van der Waals surface area contributed by atoms with Crippen molar-refractivity contribution in [1.82, 2.24) is 19.8 Å². The number of thiocarbonyl (C=S) groups is 1. The molecule has 6 heteroatoms. The Morgan fingerprint density at radius 2 is 1.76 bits per heavy atom. The smallest absolute Gasteiger partial charge is 0.170 e. The van der Waals surface area contributed by atoms with Crippen LogP contribution in [-0.2, 0) is 6.54 Å². The van der Waals surface area contributed by atoms with E-state index in [0.717, 1.165) is 33.8 Å². The number of nitrogens with one attached hydrogen (secondary N) is 1. The molecule has 4 nitrogen and oxygen atoms in total. The molecule has 1 aliphatic heterocycles. The lowest BCUT2D eigenvalue weighted by Gasteiger charge is -2.28. The molecule has 0 radical (unpaired) electrons. The lowest BCUT2D eigenvalue weighted by Crippen LogP contribution is -2.29. The molecule has 2 aromatic heterocycles. The minimum atomic E-state index is -0.0456. The molecule has 0 aliphatic carbocycles. The van der Waals surface area contributed by atoms with Crippen molar-refractivity contribution in [2.24, 2.45) is 0 Å². The predicted octanol–water partition coefficient (Wildman–Crippen LogP) is 6.32. The molecule has 0 amide bonds. The Labute approximate surface area is 204 Å². The van der Waals surface area contributed by atoms with E-state index in [2.05, 4.69) is 76.1 Å². The molecule has 2 aromatic carbocycles. The van der Waals surface area contributed by atoms with Crippen molar-refractivity contribution in [2.75, 3.05) is 0 Å². The van der Waals surface area contributed by atoms with Crippen molar-refractivity contribution in [3.8, 4) is 5.69 Å². The number of rotatable bonds is 5. The minimum Gasteiger partial charge on any atom is -0.352 e. The van der Waals surface area contributed by atoms with Crippen LogP contribution in [0, 0.1) is 13.8 Å². The van der Waals surface area contributed by atoms with Crippen LogP contribution >= 0.6 is 23.8 Å². The molecule has 5 rings (SSSR count). The maximum atomic E-state index is 6.31. The first-order valence-electron chi connectivity index (χ1n) is 11.0. The molecule has 2 unspecified atom stereocenters. The van der Waals surface area contributed by atoms with Crippen molar-refractivity contribution >= 4 is 28.9 Å². The van der Waals surface area contributed by atoms with E-state index >= 15 is 0 Å². The van der Waals surface area contributed by atoms with Gasteiger partial charge in [0.1, 0.15) is 0 Å². The molecule has 4 aromatic rings. The van der Waals surface area contributed by atoms with Crippen LogP contribution in [0.3, 0.4) is 0 Å². The Balaban J connectivity index is 1.62. The first-order valence-corrected chi connectivity index (χ1v) is 11.8. The minimum absolute atomic E-state index is 0.00624. The molecule has 1 fully saturated rings. The average molecular weight is 473 g/mol. The Kier molecular flexibility index (Phi) is 5.92. The van der Waals surface area contributed by atoms with Crippen molar-refractivity contribution in [3.63, 3.8) is 0 Å². The summed E-state index contributed by atoms with van der Waals surface area (Å²) in [5.41, 5.74) is 6.81. The average Bonchev–Trinajstić information content (AvgIpc) is 3.30. The highest BCUT2D eigenvalue weighted by atomic mass is 35.5. The van der Waals surface area contributed by atoms with E-state index in [9.17, 15) is 0 Å². The summed E-state index contributed by atoms with van der Waals surface area (Å²) >= 11 is 12.2. The number of aryl methyl sites for hydroxylation is 1. The van der Waals surface area contributed by atoms with Gasteiger partial charge in [-0.1, -0.05) is 54.1 Å². The van der Waals surface area contributed by atoms with Gasteiger partial charge in [-0.2, -0.15) is 0 Å². The third-order valence-electron chi connectivity index (χ3n) is 6.25. The van der Waals surface area contributed by atoms with E-state index in [1.54, 1.807) is 0 Å². The van der Waals surface area contributed by atoms with E-state index in [4.69, 9.17) is 23.8 Å². The van der Waals surface area contributed by atoms with Crippen LogP contribution in [0.2, 0.25) is 5.02 Å². The lowest BCUT2D eigenvalue weighted by molar-refractivity contribution is 0.310. The fourth-order valence-corrected chi connectivity index (χ4v) is 5.28. The molecule has 1 aliphatic rings. The molecule has 0 saturated carbocycles. The van der Waals surface area contributed by atoms with Crippen LogP contribution in [0.4, 0.5) is 0 Å². The molecule has 1 saturated heterocycles. The molecule has 166 valence electrons. The zero-order chi connectivity index (χ0) is 22.9. The molecule has 3 heterocycles. The van der Waals surface area contributed by atoms with E-state index < -0.39 is 0 Å². The molecule has 0 bridgehead atoms. The zero-order valence-electron chi connectivity index (χ0n) is 18.6.